The summed E-state index contributed by atoms with van der Waals surface area (Å²) < 4.78 is 23.9. The fourth-order valence-corrected chi connectivity index (χ4v) is 11.4. The fraction of sp³-hybridized carbons (Fsp3) is 0.985. The molecule has 1 amide bonds. The van der Waals surface area contributed by atoms with E-state index in [1.54, 1.807) is 0 Å². The first-order valence-corrected chi connectivity index (χ1v) is 34.9. The monoisotopic (exact) mass is 1070 g/mol. The summed E-state index contributed by atoms with van der Waals surface area (Å²) >= 11 is 0. The first-order valence-electron chi connectivity index (χ1n) is 33.4. The van der Waals surface area contributed by atoms with Crippen molar-refractivity contribution in [2.24, 2.45) is 0 Å². The van der Waals surface area contributed by atoms with Gasteiger partial charge in [-0.05, 0) is 12.8 Å². The van der Waals surface area contributed by atoms with Crippen LogP contribution < -0.4 is 5.32 Å². The van der Waals surface area contributed by atoms with E-state index in [-0.39, 0.29) is 19.1 Å². The van der Waals surface area contributed by atoms with Gasteiger partial charge in [0, 0.05) is 6.42 Å². The molecule has 0 saturated carbocycles. The molecule has 0 aliphatic heterocycles. The Balaban J connectivity index is 3.98. The molecule has 9 heteroatoms. The molecule has 0 aliphatic carbocycles. The molecule has 3 N–H and O–H groups in total. The van der Waals surface area contributed by atoms with Crippen LogP contribution in [0.2, 0.25) is 0 Å². The predicted molar refractivity (Wildman–Crippen MR) is 323 cm³/mol. The molecule has 74 heavy (non-hydrogen) atoms. The van der Waals surface area contributed by atoms with Gasteiger partial charge < -0.3 is 19.8 Å². The molecule has 444 valence electrons. The summed E-state index contributed by atoms with van der Waals surface area (Å²) in [6, 6.07) is -0.756. The number of amides is 1. The van der Waals surface area contributed by atoms with Crippen molar-refractivity contribution in [3.8, 4) is 0 Å². The number of carbonyl (C=O) groups is 1. The second kappa shape index (κ2) is 57.2. The van der Waals surface area contributed by atoms with Crippen LogP contribution in [0.25, 0.3) is 0 Å². The van der Waals surface area contributed by atoms with Crippen molar-refractivity contribution >= 4 is 13.7 Å². The Morgan fingerprint density at radius 1 is 0.405 bits per heavy atom. The molecular formula is C65H134N2O6P+. The highest BCUT2D eigenvalue weighted by Gasteiger charge is 2.28. The maximum absolute atomic E-state index is 13.0. The van der Waals surface area contributed by atoms with Crippen molar-refractivity contribution in [1.82, 2.24) is 5.32 Å². The smallest absolute Gasteiger partial charge is 0.391 e. The van der Waals surface area contributed by atoms with E-state index in [0.29, 0.717) is 23.9 Å². The number of nitrogens with zero attached hydrogens (tertiary/aromatic N) is 1. The number of unbranched alkanes of at least 4 members (excludes halogenated alkanes) is 50. The lowest BCUT2D eigenvalue weighted by molar-refractivity contribution is -0.870. The first kappa shape index (κ1) is 73.5. The summed E-state index contributed by atoms with van der Waals surface area (Å²) in [5.41, 5.74) is 0. The van der Waals surface area contributed by atoms with Crippen LogP contribution in [0.3, 0.4) is 0 Å². The van der Waals surface area contributed by atoms with Gasteiger partial charge in [0.25, 0.3) is 0 Å². The molecule has 0 fully saturated rings. The third-order valence-electron chi connectivity index (χ3n) is 15.9. The summed E-state index contributed by atoms with van der Waals surface area (Å²) in [6.07, 6.45) is 70.5. The minimum atomic E-state index is -4.32. The zero-order valence-corrected chi connectivity index (χ0v) is 51.8. The molecule has 0 heterocycles. The highest BCUT2D eigenvalue weighted by molar-refractivity contribution is 7.47. The van der Waals surface area contributed by atoms with Crippen molar-refractivity contribution in [2.45, 2.75) is 373 Å². The number of quaternary nitrogens is 1. The minimum Gasteiger partial charge on any atom is -0.391 e. The molecule has 0 aliphatic rings. The third kappa shape index (κ3) is 59.2. The van der Waals surface area contributed by atoms with E-state index in [0.717, 1.165) is 38.5 Å². The van der Waals surface area contributed by atoms with Gasteiger partial charge in [0.2, 0.25) is 5.91 Å². The van der Waals surface area contributed by atoms with Gasteiger partial charge in [0.1, 0.15) is 13.2 Å². The predicted octanol–water partition coefficient (Wildman–Crippen LogP) is 20.8. The maximum atomic E-state index is 13.0. The number of hydrogen-bond acceptors (Lipinski definition) is 5. The molecule has 0 spiro atoms. The summed E-state index contributed by atoms with van der Waals surface area (Å²) in [5.74, 6) is -0.134. The van der Waals surface area contributed by atoms with Crippen molar-refractivity contribution in [3.05, 3.63) is 0 Å². The molecule has 0 rings (SSSR count). The Morgan fingerprint density at radius 3 is 0.905 bits per heavy atom. The Hall–Kier alpha value is -0.500. The number of aliphatic hydroxyl groups is 1. The maximum Gasteiger partial charge on any atom is 0.472 e. The normalized spacial score (nSPS) is 13.7. The van der Waals surface area contributed by atoms with Gasteiger partial charge in [-0.25, -0.2) is 4.57 Å². The molecule has 3 atom stereocenters. The second-order valence-corrected chi connectivity index (χ2v) is 26.0. The number of carbonyl (C=O) groups excluding carboxylic acids is 1. The number of phosphoric ester groups is 1. The van der Waals surface area contributed by atoms with E-state index in [1.165, 1.54) is 295 Å². The molecule has 0 aromatic rings. The standard InChI is InChI=1S/C65H133N2O6P/c1-6-8-10-12-14-16-18-20-22-24-26-28-29-30-31-32-33-34-35-36-37-38-39-40-42-44-46-48-50-52-54-56-58-64(68)63(62-73-74(70,71)72-61-60-67(3,4)5)66-65(69)59-57-55-53-51-49-47-45-43-41-27-25-23-21-19-17-15-13-11-9-7-2/h63-64,68H,6-62H2,1-5H3,(H-,66,69,70,71)/p+1. The largest absolute Gasteiger partial charge is 0.472 e. The van der Waals surface area contributed by atoms with Gasteiger partial charge in [-0.15, -0.1) is 0 Å². The van der Waals surface area contributed by atoms with Crippen molar-refractivity contribution in [1.29, 1.82) is 0 Å². The highest BCUT2D eigenvalue weighted by Crippen LogP contribution is 2.43. The molecule has 0 aromatic heterocycles. The average Bonchev–Trinajstić information content (AvgIpc) is 3.36. The summed E-state index contributed by atoms with van der Waals surface area (Å²) in [5, 5.41) is 14.1. The number of hydrogen-bond donors (Lipinski definition) is 3. The molecule has 0 aromatic carbocycles. The van der Waals surface area contributed by atoms with Gasteiger partial charge >= 0.3 is 7.82 Å². The number of nitrogens with one attached hydrogen (secondary N) is 1. The van der Waals surface area contributed by atoms with Gasteiger partial charge in [-0.3, -0.25) is 13.8 Å². The molecule has 0 bridgehead atoms. The van der Waals surface area contributed by atoms with Crippen molar-refractivity contribution < 1.29 is 32.9 Å². The first-order chi connectivity index (χ1) is 36.0. The Kier molecular flexibility index (Phi) is 56.8. The number of phosphoric acid groups is 1. The lowest BCUT2D eigenvalue weighted by Gasteiger charge is -2.26. The van der Waals surface area contributed by atoms with Gasteiger partial charge in [0.15, 0.2) is 0 Å². The zero-order valence-electron chi connectivity index (χ0n) is 50.9. The number of aliphatic hydroxyl groups excluding tert-OH is 1. The van der Waals surface area contributed by atoms with Crippen LogP contribution in [-0.2, 0) is 18.4 Å². The molecule has 0 radical (unpaired) electrons. The molecule has 8 nitrogen and oxygen atoms in total. The van der Waals surface area contributed by atoms with Gasteiger partial charge in [-0.1, -0.05) is 341 Å². The van der Waals surface area contributed by atoms with E-state index in [4.69, 9.17) is 9.05 Å². The van der Waals surface area contributed by atoms with Crippen LogP contribution in [0.5, 0.6) is 0 Å². The lowest BCUT2D eigenvalue weighted by Crippen LogP contribution is -2.46. The second-order valence-electron chi connectivity index (χ2n) is 24.6. The van der Waals surface area contributed by atoms with Crippen LogP contribution in [0.1, 0.15) is 361 Å². The van der Waals surface area contributed by atoms with Crippen LogP contribution in [-0.4, -0.2) is 73.4 Å². The summed E-state index contributed by atoms with van der Waals surface area (Å²) in [4.78, 5) is 23.4. The third-order valence-corrected chi connectivity index (χ3v) is 16.8. The molecule has 3 unspecified atom stereocenters. The van der Waals surface area contributed by atoms with Crippen molar-refractivity contribution in [3.63, 3.8) is 0 Å². The summed E-state index contributed by atoms with van der Waals surface area (Å²) in [6.45, 7) is 4.96. The van der Waals surface area contributed by atoms with Crippen LogP contribution in [0, 0.1) is 0 Å². The molecule has 0 saturated heterocycles. The Labute approximate surface area is 463 Å². The minimum absolute atomic E-state index is 0.0794. The van der Waals surface area contributed by atoms with E-state index in [2.05, 4.69) is 19.2 Å². The van der Waals surface area contributed by atoms with E-state index >= 15 is 0 Å². The van der Waals surface area contributed by atoms with Crippen LogP contribution >= 0.6 is 7.82 Å². The van der Waals surface area contributed by atoms with E-state index < -0.39 is 20.0 Å². The Bertz CT molecular complexity index is 1170. The Morgan fingerprint density at radius 2 is 0.649 bits per heavy atom. The van der Waals surface area contributed by atoms with E-state index in [1.807, 2.05) is 21.1 Å². The lowest BCUT2D eigenvalue weighted by atomic mass is 10.0. The quantitative estimate of drug-likeness (QED) is 0.0318. The summed E-state index contributed by atoms with van der Waals surface area (Å²) in [7, 11) is 1.64. The van der Waals surface area contributed by atoms with Crippen LogP contribution in [0.15, 0.2) is 0 Å². The average molecular weight is 1070 g/mol. The fourth-order valence-electron chi connectivity index (χ4n) is 10.6. The topological polar surface area (TPSA) is 105 Å². The molecular weight excluding hydrogens is 936 g/mol. The van der Waals surface area contributed by atoms with Crippen LogP contribution in [0.4, 0.5) is 0 Å². The highest BCUT2D eigenvalue weighted by atomic mass is 31.2. The zero-order chi connectivity index (χ0) is 54.2. The number of likely N-dealkylation sites (N-methyl/N-ethyl adjacent to an activating group) is 1. The van der Waals surface area contributed by atoms with Crippen molar-refractivity contribution in [2.75, 3.05) is 40.9 Å². The van der Waals surface area contributed by atoms with Gasteiger partial charge in [0.05, 0.1) is 39.9 Å². The van der Waals surface area contributed by atoms with E-state index in [9.17, 15) is 19.4 Å². The van der Waals surface area contributed by atoms with Gasteiger partial charge in [-0.2, -0.15) is 0 Å². The number of rotatable bonds is 63. The SMILES string of the molecule is CCCCCCCCCCCCCCCCCCCCCCCCCCCCCCCCCCC(O)C(COP(=O)(O)OCC[N+](C)(C)C)NC(=O)CCCCCCCCCCCCCCCCCCCCCC.